The minimum absolute atomic E-state index is 0.350. The first-order valence-electron chi connectivity index (χ1n) is 11.2. The van der Waals surface area contributed by atoms with Gasteiger partial charge in [-0.1, -0.05) is 91.0 Å². The van der Waals surface area contributed by atoms with Crippen molar-refractivity contribution in [3.05, 3.63) is 114 Å². The number of ether oxygens (including phenoxy) is 4. The van der Waals surface area contributed by atoms with E-state index in [0.717, 1.165) is 16.7 Å². The molecule has 1 saturated heterocycles. The third kappa shape index (κ3) is 6.68. The second kappa shape index (κ2) is 11.7. The van der Waals surface area contributed by atoms with E-state index in [1.807, 2.05) is 91.0 Å². The summed E-state index contributed by atoms with van der Waals surface area (Å²) in [6.45, 7) is 3.21. The number of benzene rings is 3. The predicted molar refractivity (Wildman–Crippen MR) is 120 cm³/mol. The molecule has 0 aliphatic carbocycles. The van der Waals surface area contributed by atoms with E-state index in [4.69, 9.17) is 20.3 Å². The molecular formula is C27H29O4+. The van der Waals surface area contributed by atoms with E-state index in [1.165, 1.54) is 6.61 Å². The van der Waals surface area contributed by atoms with Gasteiger partial charge in [-0.3, -0.25) is 0 Å². The van der Waals surface area contributed by atoms with Crippen molar-refractivity contribution < 1.29 is 20.3 Å². The van der Waals surface area contributed by atoms with Crippen molar-refractivity contribution in [2.24, 2.45) is 0 Å². The monoisotopic (exact) mass is 418 g/mol. The van der Waals surface area contributed by atoms with E-state index in [1.54, 1.807) is 0 Å². The Kier molecular flexibility index (Phi) is 7.64. The lowest BCUT2D eigenvalue weighted by molar-refractivity contribution is -0.181. The first kappa shape index (κ1) is 20.3. The topological polar surface area (TPSA) is 36.9 Å². The van der Waals surface area contributed by atoms with Crippen LogP contribution in [0.4, 0.5) is 0 Å². The zero-order chi connectivity index (χ0) is 22.0. The maximum Gasteiger partial charge on any atom is 0.230 e. The van der Waals surface area contributed by atoms with Crippen LogP contribution in [0.15, 0.2) is 91.0 Å². The Morgan fingerprint density at radius 3 is 1.84 bits per heavy atom. The summed E-state index contributed by atoms with van der Waals surface area (Å²) in [6, 6.07) is 30.0. The minimum atomic E-state index is -0.648. The van der Waals surface area contributed by atoms with Gasteiger partial charge in [-0.15, -0.1) is 0 Å². The minimum Gasteiger partial charge on any atom is -0.374 e. The zero-order valence-corrected chi connectivity index (χ0v) is 17.5. The van der Waals surface area contributed by atoms with Gasteiger partial charge in [0, 0.05) is 0 Å². The van der Waals surface area contributed by atoms with E-state index < -0.39 is 18.6 Å². The average Bonchev–Trinajstić information content (AvgIpc) is 2.85. The van der Waals surface area contributed by atoms with E-state index in [2.05, 4.69) is 0 Å². The van der Waals surface area contributed by atoms with Crippen LogP contribution in [0.2, 0.25) is 0 Å². The van der Waals surface area contributed by atoms with E-state index in [0.29, 0.717) is 26.4 Å². The van der Waals surface area contributed by atoms with Crippen LogP contribution in [-0.4, -0.2) is 24.9 Å². The molecule has 1 aliphatic heterocycles. The van der Waals surface area contributed by atoms with Gasteiger partial charge in [0.25, 0.3) is 0 Å². The van der Waals surface area contributed by atoms with Gasteiger partial charge in [-0.2, -0.15) is 4.74 Å². The quantitative estimate of drug-likeness (QED) is 0.417. The Hall–Kier alpha value is -2.63. The molecule has 3 aromatic rings. The van der Waals surface area contributed by atoms with Crippen molar-refractivity contribution in [1.29, 1.82) is 0 Å². The van der Waals surface area contributed by atoms with Gasteiger partial charge in [-0.05, 0) is 16.7 Å². The first-order chi connectivity index (χ1) is 15.8. The van der Waals surface area contributed by atoms with Gasteiger partial charge < -0.3 is 14.2 Å². The van der Waals surface area contributed by atoms with Crippen molar-refractivity contribution >= 4 is 0 Å². The Morgan fingerprint density at radius 2 is 1.26 bits per heavy atom. The fraction of sp³-hybridized carbons (Fsp3) is 0.296. The molecule has 0 aromatic heterocycles. The Morgan fingerprint density at radius 1 is 0.742 bits per heavy atom. The SMILES string of the molecule is [2H][C@@H]1[CH+]O[C@H](COCc2ccccc2)[C@@H](OCc2ccccc2)[C@@H]1OCc1ccccc1. The summed E-state index contributed by atoms with van der Waals surface area (Å²) in [6.07, 6.45) is -1.89. The Balaban J connectivity index is 1.42. The molecule has 31 heavy (non-hydrogen) atoms. The molecule has 160 valence electrons. The zero-order valence-electron chi connectivity index (χ0n) is 18.5. The highest BCUT2D eigenvalue weighted by Gasteiger charge is 2.41. The molecule has 4 nitrogen and oxygen atoms in total. The molecular weight excluding hydrogens is 388 g/mol. The second-order valence-electron chi connectivity index (χ2n) is 7.53. The highest BCUT2D eigenvalue weighted by molar-refractivity contribution is 5.15. The molecule has 3 aromatic carbocycles. The standard InChI is InChI=1S/C27H29O4/c1-4-10-22(11-5-1)18-28-21-26-27(31-20-24-14-8-3-9-15-24)25(16-17-29-26)30-19-23-12-6-2-7-13-23/h1-15,17,25-27H,16,18-21H2/q+1/t25-,26-,27+/m1/s1/i16D/t16-,25-,26-,27+. The van der Waals surface area contributed by atoms with Gasteiger partial charge in [-0.25, -0.2) is 0 Å². The van der Waals surface area contributed by atoms with Crippen molar-refractivity contribution in [3.63, 3.8) is 0 Å². The molecule has 0 radical (unpaired) electrons. The molecule has 0 saturated carbocycles. The highest BCUT2D eigenvalue weighted by Crippen LogP contribution is 2.26. The first-order valence-corrected chi connectivity index (χ1v) is 10.6. The third-order valence-electron chi connectivity index (χ3n) is 5.18. The summed E-state index contributed by atoms with van der Waals surface area (Å²) in [7, 11) is 0. The van der Waals surface area contributed by atoms with Crippen LogP contribution in [0.3, 0.4) is 0 Å². The largest absolute Gasteiger partial charge is 0.374 e. The Labute approximate surface area is 186 Å². The maximum atomic E-state index is 8.48. The molecule has 1 aliphatic rings. The molecule has 0 N–H and O–H groups in total. The normalized spacial score (nSPS) is 23.7. The molecule has 0 unspecified atom stereocenters. The van der Waals surface area contributed by atoms with E-state index in [-0.39, 0.29) is 6.10 Å². The molecule has 4 heteroatoms. The fourth-order valence-corrected chi connectivity index (χ4v) is 3.51. The molecule has 0 bridgehead atoms. The molecule has 4 atom stereocenters. The summed E-state index contributed by atoms with van der Waals surface area (Å²) in [5.74, 6) is 0. The summed E-state index contributed by atoms with van der Waals surface area (Å²) in [5.41, 5.74) is 3.23. The van der Waals surface area contributed by atoms with E-state index in [9.17, 15) is 0 Å². The van der Waals surface area contributed by atoms with Crippen LogP contribution in [-0.2, 0) is 38.8 Å². The van der Waals surface area contributed by atoms with Crippen molar-refractivity contribution in [1.82, 2.24) is 0 Å². The van der Waals surface area contributed by atoms with Gasteiger partial charge in [0.15, 0.2) is 6.10 Å². The van der Waals surface area contributed by atoms with Crippen LogP contribution in [0.1, 0.15) is 24.5 Å². The van der Waals surface area contributed by atoms with Crippen LogP contribution in [0, 0.1) is 6.61 Å². The lowest BCUT2D eigenvalue weighted by Crippen LogP contribution is -2.48. The summed E-state index contributed by atoms with van der Waals surface area (Å²) < 4.78 is 32.8. The van der Waals surface area contributed by atoms with Crippen LogP contribution in [0.5, 0.6) is 0 Å². The second-order valence-corrected chi connectivity index (χ2v) is 7.53. The van der Waals surface area contributed by atoms with Crippen molar-refractivity contribution in [3.8, 4) is 0 Å². The van der Waals surface area contributed by atoms with E-state index >= 15 is 0 Å². The number of hydrogen-bond donors (Lipinski definition) is 0. The van der Waals surface area contributed by atoms with Crippen LogP contribution in [0.25, 0.3) is 0 Å². The summed E-state index contributed by atoms with van der Waals surface area (Å²) >= 11 is 0. The van der Waals surface area contributed by atoms with Gasteiger partial charge >= 0.3 is 0 Å². The van der Waals surface area contributed by atoms with Gasteiger partial charge in [0.2, 0.25) is 6.61 Å². The molecule has 0 amide bonds. The number of hydrogen-bond acceptors (Lipinski definition) is 4. The molecule has 0 spiro atoms. The summed E-state index contributed by atoms with van der Waals surface area (Å²) in [4.78, 5) is 0. The molecule has 1 fully saturated rings. The average molecular weight is 419 g/mol. The maximum absolute atomic E-state index is 8.48. The van der Waals surface area contributed by atoms with Crippen LogP contribution < -0.4 is 0 Å². The van der Waals surface area contributed by atoms with Gasteiger partial charge in [0.1, 0.15) is 18.6 Å². The van der Waals surface area contributed by atoms with Crippen molar-refractivity contribution in [2.75, 3.05) is 6.61 Å². The lowest BCUT2D eigenvalue weighted by Gasteiger charge is -2.33. The molecule has 1 heterocycles. The van der Waals surface area contributed by atoms with Gasteiger partial charge in [0.05, 0.1) is 27.8 Å². The smallest absolute Gasteiger partial charge is 0.230 e. The van der Waals surface area contributed by atoms with Crippen molar-refractivity contribution in [2.45, 2.75) is 44.5 Å². The summed E-state index contributed by atoms with van der Waals surface area (Å²) in [5, 5.41) is 0. The Bertz CT molecular complexity index is 907. The number of rotatable bonds is 10. The van der Waals surface area contributed by atoms with Crippen LogP contribution >= 0.6 is 0 Å². The fourth-order valence-electron chi connectivity index (χ4n) is 3.51. The third-order valence-corrected chi connectivity index (χ3v) is 5.18. The molecule has 4 rings (SSSR count). The lowest BCUT2D eigenvalue weighted by atomic mass is 10.0. The predicted octanol–water partition coefficient (Wildman–Crippen LogP) is 5.32. The highest BCUT2D eigenvalue weighted by atomic mass is 16.6.